The lowest BCUT2D eigenvalue weighted by atomic mass is 10.1. The summed E-state index contributed by atoms with van der Waals surface area (Å²) in [6, 6.07) is 10.4. The van der Waals surface area contributed by atoms with Crippen LogP contribution in [0.3, 0.4) is 0 Å². The van der Waals surface area contributed by atoms with Crippen LogP contribution in [-0.4, -0.2) is 5.71 Å². The quantitative estimate of drug-likeness (QED) is 0.652. The molecule has 0 radical (unpaired) electrons. The normalized spacial score (nSPS) is 11.5. The average molecular weight is 281 g/mol. The van der Waals surface area contributed by atoms with E-state index in [0.717, 1.165) is 11.6 Å². The zero-order chi connectivity index (χ0) is 13.8. The molecule has 2 aromatic rings. The number of rotatable bonds is 3. The third kappa shape index (κ3) is 3.51. The number of hydrogen-bond acceptors (Lipinski definition) is 2. The SMILES string of the molecule is C/C(=N\Nc1ccc(F)cc1F)c1ccc(Cl)cc1. The fourth-order valence-electron chi connectivity index (χ4n) is 1.48. The fraction of sp³-hybridized carbons (Fsp3) is 0.0714. The second-order valence-corrected chi connectivity index (χ2v) is 4.38. The fourth-order valence-corrected chi connectivity index (χ4v) is 1.61. The molecule has 1 N–H and O–H groups in total. The Kier molecular flexibility index (Phi) is 4.12. The van der Waals surface area contributed by atoms with Crippen LogP contribution in [-0.2, 0) is 0 Å². The molecule has 2 rings (SSSR count). The van der Waals surface area contributed by atoms with Crippen LogP contribution in [0.2, 0.25) is 5.02 Å². The summed E-state index contributed by atoms with van der Waals surface area (Å²) in [7, 11) is 0. The number of benzene rings is 2. The van der Waals surface area contributed by atoms with Gasteiger partial charge in [-0.3, -0.25) is 5.43 Å². The molecule has 2 aromatic carbocycles. The van der Waals surface area contributed by atoms with Gasteiger partial charge in [0.15, 0.2) is 5.82 Å². The Labute approximate surface area is 114 Å². The lowest BCUT2D eigenvalue weighted by Crippen LogP contribution is -2.01. The maximum absolute atomic E-state index is 13.4. The van der Waals surface area contributed by atoms with E-state index in [9.17, 15) is 8.78 Å². The first-order valence-electron chi connectivity index (χ1n) is 5.57. The smallest absolute Gasteiger partial charge is 0.151 e. The van der Waals surface area contributed by atoms with Crippen molar-refractivity contribution < 1.29 is 8.78 Å². The van der Waals surface area contributed by atoms with Crippen LogP contribution in [0.25, 0.3) is 0 Å². The van der Waals surface area contributed by atoms with Crippen molar-refractivity contribution in [3.05, 3.63) is 64.7 Å². The summed E-state index contributed by atoms with van der Waals surface area (Å²) in [5, 5.41) is 4.68. The number of anilines is 1. The lowest BCUT2D eigenvalue weighted by Gasteiger charge is -2.05. The molecule has 0 unspecified atom stereocenters. The molecular weight excluding hydrogens is 270 g/mol. The monoisotopic (exact) mass is 280 g/mol. The van der Waals surface area contributed by atoms with E-state index in [2.05, 4.69) is 10.5 Å². The summed E-state index contributed by atoms with van der Waals surface area (Å²) in [5.41, 5.74) is 4.21. The largest absolute Gasteiger partial charge is 0.275 e. The van der Waals surface area contributed by atoms with Gasteiger partial charge >= 0.3 is 0 Å². The second kappa shape index (κ2) is 5.80. The Morgan fingerprint density at radius 3 is 2.42 bits per heavy atom. The molecular formula is C14H11ClF2N2. The van der Waals surface area contributed by atoms with Crippen molar-refractivity contribution in [1.82, 2.24) is 0 Å². The van der Waals surface area contributed by atoms with E-state index in [4.69, 9.17) is 11.6 Å². The molecule has 2 nitrogen and oxygen atoms in total. The third-order valence-corrected chi connectivity index (χ3v) is 2.79. The maximum Gasteiger partial charge on any atom is 0.151 e. The zero-order valence-corrected chi connectivity index (χ0v) is 10.9. The molecule has 0 saturated heterocycles. The first-order valence-corrected chi connectivity index (χ1v) is 5.95. The van der Waals surface area contributed by atoms with Gasteiger partial charge in [0.2, 0.25) is 0 Å². The van der Waals surface area contributed by atoms with Gasteiger partial charge in [0.1, 0.15) is 5.82 Å². The molecule has 0 aliphatic heterocycles. The lowest BCUT2D eigenvalue weighted by molar-refractivity contribution is 0.585. The van der Waals surface area contributed by atoms with Gasteiger partial charge in [0.05, 0.1) is 11.4 Å². The standard InChI is InChI=1S/C14H11ClF2N2/c1-9(10-2-4-11(15)5-3-10)18-19-14-7-6-12(16)8-13(14)17/h2-8,19H,1H3/b18-9+. The Hall–Kier alpha value is -1.94. The van der Waals surface area contributed by atoms with Gasteiger partial charge in [-0.15, -0.1) is 0 Å². The molecule has 0 aliphatic carbocycles. The Bertz CT molecular complexity index is 609. The first-order chi connectivity index (χ1) is 9.06. The summed E-state index contributed by atoms with van der Waals surface area (Å²) in [6.45, 7) is 1.78. The minimum atomic E-state index is -0.687. The maximum atomic E-state index is 13.4. The van der Waals surface area contributed by atoms with E-state index in [1.165, 1.54) is 12.1 Å². The van der Waals surface area contributed by atoms with Crippen LogP contribution in [0.15, 0.2) is 47.6 Å². The summed E-state index contributed by atoms with van der Waals surface area (Å²) in [6.07, 6.45) is 0. The first kappa shape index (κ1) is 13.5. The molecule has 0 aromatic heterocycles. The summed E-state index contributed by atoms with van der Waals surface area (Å²) in [4.78, 5) is 0. The molecule has 19 heavy (non-hydrogen) atoms. The molecule has 0 aliphatic rings. The van der Waals surface area contributed by atoms with Crippen molar-refractivity contribution in [3.8, 4) is 0 Å². The van der Waals surface area contributed by atoms with Gasteiger partial charge < -0.3 is 0 Å². The second-order valence-electron chi connectivity index (χ2n) is 3.94. The highest BCUT2D eigenvalue weighted by molar-refractivity contribution is 6.30. The van der Waals surface area contributed by atoms with E-state index in [1.54, 1.807) is 19.1 Å². The van der Waals surface area contributed by atoms with E-state index in [1.807, 2.05) is 12.1 Å². The zero-order valence-electron chi connectivity index (χ0n) is 10.1. The van der Waals surface area contributed by atoms with E-state index in [-0.39, 0.29) is 5.69 Å². The summed E-state index contributed by atoms with van der Waals surface area (Å²) < 4.78 is 26.1. The van der Waals surface area contributed by atoms with Crippen molar-refractivity contribution in [2.24, 2.45) is 5.10 Å². The highest BCUT2D eigenvalue weighted by Crippen LogP contribution is 2.15. The molecule has 0 bridgehead atoms. The van der Waals surface area contributed by atoms with Crippen molar-refractivity contribution in [1.29, 1.82) is 0 Å². The van der Waals surface area contributed by atoms with Crippen LogP contribution in [0.1, 0.15) is 12.5 Å². The summed E-state index contributed by atoms with van der Waals surface area (Å²) in [5.74, 6) is -1.31. The van der Waals surface area contributed by atoms with E-state index >= 15 is 0 Å². The molecule has 0 spiro atoms. The highest BCUT2D eigenvalue weighted by Gasteiger charge is 2.03. The predicted octanol–water partition coefficient (Wildman–Crippen LogP) is 4.45. The Morgan fingerprint density at radius 1 is 1.11 bits per heavy atom. The number of hydrogen-bond donors (Lipinski definition) is 1. The molecule has 0 fully saturated rings. The minimum absolute atomic E-state index is 0.120. The minimum Gasteiger partial charge on any atom is -0.275 e. The molecule has 5 heteroatoms. The van der Waals surface area contributed by atoms with Gasteiger partial charge in [-0.2, -0.15) is 5.10 Å². The molecule has 0 amide bonds. The van der Waals surface area contributed by atoms with Crippen molar-refractivity contribution in [2.75, 3.05) is 5.43 Å². The third-order valence-electron chi connectivity index (χ3n) is 2.54. The van der Waals surface area contributed by atoms with Crippen molar-refractivity contribution >= 4 is 23.0 Å². The molecule has 98 valence electrons. The number of nitrogens with one attached hydrogen (secondary N) is 1. The van der Waals surface area contributed by atoms with Crippen LogP contribution < -0.4 is 5.43 Å². The van der Waals surface area contributed by atoms with Gasteiger partial charge in [-0.05, 0) is 36.8 Å². The number of halogens is 3. The van der Waals surface area contributed by atoms with E-state index < -0.39 is 11.6 Å². The molecule has 0 saturated carbocycles. The van der Waals surface area contributed by atoms with E-state index in [0.29, 0.717) is 10.7 Å². The Balaban J connectivity index is 2.15. The summed E-state index contributed by atoms with van der Waals surface area (Å²) >= 11 is 5.78. The Morgan fingerprint density at radius 2 is 1.79 bits per heavy atom. The molecule has 0 heterocycles. The van der Waals surface area contributed by atoms with Gasteiger partial charge in [-0.25, -0.2) is 8.78 Å². The van der Waals surface area contributed by atoms with Crippen LogP contribution in [0.4, 0.5) is 14.5 Å². The highest BCUT2D eigenvalue weighted by atomic mass is 35.5. The topological polar surface area (TPSA) is 24.4 Å². The predicted molar refractivity (Wildman–Crippen MR) is 73.6 cm³/mol. The van der Waals surface area contributed by atoms with Crippen LogP contribution in [0, 0.1) is 11.6 Å². The van der Waals surface area contributed by atoms with Crippen LogP contribution in [0.5, 0.6) is 0 Å². The van der Waals surface area contributed by atoms with Crippen LogP contribution >= 0.6 is 11.6 Å². The van der Waals surface area contributed by atoms with Crippen molar-refractivity contribution in [3.63, 3.8) is 0 Å². The number of nitrogens with zero attached hydrogens (tertiary/aromatic N) is 1. The van der Waals surface area contributed by atoms with Gasteiger partial charge in [-0.1, -0.05) is 23.7 Å². The molecule has 0 atom stereocenters. The van der Waals surface area contributed by atoms with Gasteiger partial charge in [0.25, 0.3) is 0 Å². The van der Waals surface area contributed by atoms with Crippen molar-refractivity contribution in [2.45, 2.75) is 6.92 Å². The number of hydrazone groups is 1. The van der Waals surface area contributed by atoms with Gasteiger partial charge in [0, 0.05) is 11.1 Å². The average Bonchev–Trinajstić information content (AvgIpc) is 2.38.